The summed E-state index contributed by atoms with van der Waals surface area (Å²) in [4.78, 5) is 96.2. The number of nitrogens with one attached hydrogen (secondary N) is 8. The molecular weight excluding hydrogens is 831 g/mol. The summed E-state index contributed by atoms with van der Waals surface area (Å²) in [6.45, 7) is -0.0774. The first-order valence-electron chi connectivity index (χ1n) is 21.1. The Morgan fingerprint density at radius 3 is 2.03 bits per heavy atom. The van der Waals surface area contributed by atoms with Crippen LogP contribution in [0.4, 0.5) is 4.79 Å². The summed E-state index contributed by atoms with van der Waals surface area (Å²) in [5.74, 6) is -1.34. The van der Waals surface area contributed by atoms with E-state index in [1.807, 2.05) is 24.3 Å². The summed E-state index contributed by atoms with van der Waals surface area (Å²) in [6, 6.07) is 16.4. The van der Waals surface area contributed by atoms with E-state index in [1.165, 1.54) is 12.5 Å². The Kier molecular flexibility index (Phi) is 16.1. The first kappa shape index (κ1) is 46.6. The maximum Gasteiger partial charge on any atom is 0.337 e. The lowest BCUT2D eigenvalue weighted by Gasteiger charge is -2.28. The highest BCUT2D eigenvalue weighted by atomic mass is 16.2. The molecule has 5 atom stereocenters. The third kappa shape index (κ3) is 12.4. The minimum Gasteiger partial charge on any atom is -0.368 e. The summed E-state index contributed by atoms with van der Waals surface area (Å²) in [5.41, 5.74) is 23.9. The van der Waals surface area contributed by atoms with Gasteiger partial charge in [0.25, 0.3) is 5.91 Å². The van der Waals surface area contributed by atoms with Crippen molar-refractivity contribution in [1.82, 2.24) is 51.6 Å². The zero-order valence-corrected chi connectivity index (χ0v) is 35.5. The topological polar surface area (TPSA) is 304 Å². The summed E-state index contributed by atoms with van der Waals surface area (Å²) in [6.07, 6.45) is 13.4. The molecule has 6 aromatic rings. The van der Waals surface area contributed by atoms with E-state index in [1.54, 1.807) is 67.0 Å². The molecule has 6 rings (SSSR count). The minimum absolute atomic E-state index is 0.0201. The van der Waals surface area contributed by atoms with Crippen LogP contribution in [0, 0.1) is 12.3 Å². The maximum atomic E-state index is 14.5. The highest BCUT2D eigenvalue weighted by molar-refractivity contribution is 5.97. The second kappa shape index (κ2) is 22.4. The molecule has 14 N–H and O–H groups in total. The number of unbranched alkanes of at least 4 members (excludes halogenated alkanes) is 1. The molecule has 3 aromatic heterocycles. The molecule has 338 valence electrons. The number of imidazole rings is 1. The number of nitrogens with zero attached hydrogens (tertiary/aromatic N) is 2. The molecule has 19 nitrogen and oxygen atoms in total. The number of fused-ring (bicyclic) bond motifs is 2. The van der Waals surface area contributed by atoms with Crippen LogP contribution in [-0.4, -0.2) is 97.8 Å². The average molecular weight is 884 g/mol. The van der Waals surface area contributed by atoms with Crippen molar-refractivity contribution in [3.05, 3.63) is 126 Å². The number of benzene rings is 3. The predicted octanol–water partition coefficient (Wildman–Crippen LogP) is 1.21. The Morgan fingerprint density at radius 2 is 1.35 bits per heavy atom. The van der Waals surface area contributed by atoms with Gasteiger partial charge in [-0.05, 0) is 49.1 Å². The van der Waals surface area contributed by atoms with Crippen LogP contribution in [0.25, 0.3) is 21.8 Å². The normalized spacial score (nSPS) is 13.4. The fourth-order valence-electron chi connectivity index (χ4n) is 7.38. The second-order valence-corrected chi connectivity index (χ2v) is 15.4. The van der Waals surface area contributed by atoms with Crippen molar-refractivity contribution in [3.8, 4) is 12.3 Å². The number of urea groups is 1. The predicted molar refractivity (Wildman–Crippen MR) is 244 cm³/mol. The van der Waals surface area contributed by atoms with Crippen LogP contribution in [0.5, 0.6) is 0 Å². The van der Waals surface area contributed by atoms with Crippen LogP contribution in [0.3, 0.4) is 0 Å². The number of H-pyrrole nitrogens is 3. The van der Waals surface area contributed by atoms with E-state index in [0.29, 0.717) is 52.7 Å². The molecule has 3 aromatic carbocycles. The molecule has 19 heteroatoms. The lowest BCUT2D eigenvalue weighted by Crippen LogP contribution is -2.60. The number of primary amides is 1. The van der Waals surface area contributed by atoms with Gasteiger partial charge in [0.2, 0.25) is 23.6 Å². The Morgan fingerprint density at radius 1 is 0.708 bits per heavy atom. The summed E-state index contributed by atoms with van der Waals surface area (Å²) >= 11 is 0. The first-order chi connectivity index (χ1) is 31.4. The molecule has 0 bridgehead atoms. The van der Waals surface area contributed by atoms with E-state index < -0.39 is 72.3 Å². The number of aromatic nitrogens is 4. The third-order valence-electron chi connectivity index (χ3n) is 10.8. The van der Waals surface area contributed by atoms with Gasteiger partial charge in [-0.25, -0.2) is 14.8 Å². The zero-order valence-electron chi connectivity index (χ0n) is 35.5. The Balaban J connectivity index is 1.27. The van der Waals surface area contributed by atoms with Gasteiger partial charge in [0.15, 0.2) is 0 Å². The van der Waals surface area contributed by atoms with Crippen molar-refractivity contribution in [1.29, 1.82) is 0 Å². The van der Waals surface area contributed by atoms with Gasteiger partial charge in [0, 0.05) is 70.9 Å². The number of rotatable bonds is 21. The van der Waals surface area contributed by atoms with Gasteiger partial charge in [-0.2, -0.15) is 0 Å². The summed E-state index contributed by atoms with van der Waals surface area (Å²) < 4.78 is 0. The average Bonchev–Trinajstić information content (AvgIpc) is 4.08. The number of carbonyl (C=O) groups excluding carboxylic acids is 6. The van der Waals surface area contributed by atoms with Crippen molar-refractivity contribution < 1.29 is 28.8 Å². The SMILES string of the molecule is C#CCN(NC(=O)[C@H](NC(=O)[C@@H](N)Cc1cnc[nH]1)c1c[nH]c2ccccc12)C(=O)N[C@@H](Cc1c[nH]c2ccccc12)C(=O)N[C@H](Cc1ccccc1)C(=O)N[C@@H](CCCCN)C(N)=O. The fraction of sp³-hybridized carbons (Fsp3) is 0.283. The molecular formula is C46H53N13O6. The molecule has 0 fully saturated rings. The molecule has 0 saturated carbocycles. The number of terminal acetylenes is 1. The number of aromatic amines is 3. The maximum absolute atomic E-state index is 14.5. The van der Waals surface area contributed by atoms with Crippen LogP contribution in [0.2, 0.25) is 0 Å². The molecule has 65 heavy (non-hydrogen) atoms. The van der Waals surface area contributed by atoms with Crippen LogP contribution < -0.4 is 43.9 Å². The van der Waals surface area contributed by atoms with Crippen LogP contribution in [0.1, 0.15) is 47.7 Å². The molecule has 0 spiro atoms. The van der Waals surface area contributed by atoms with Gasteiger partial charge >= 0.3 is 6.03 Å². The van der Waals surface area contributed by atoms with Gasteiger partial charge in [-0.15, -0.1) is 6.42 Å². The fourth-order valence-corrected chi connectivity index (χ4v) is 7.38. The molecule has 0 saturated heterocycles. The van der Waals surface area contributed by atoms with Gasteiger partial charge in [0.1, 0.15) is 30.7 Å². The van der Waals surface area contributed by atoms with Crippen LogP contribution in [0.15, 0.2) is 104 Å². The van der Waals surface area contributed by atoms with E-state index in [2.05, 4.69) is 52.5 Å². The van der Waals surface area contributed by atoms with E-state index in [9.17, 15) is 28.8 Å². The van der Waals surface area contributed by atoms with Crippen LogP contribution in [-0.2, 0) is 43.2 Å². The molecule has 3 heterocycles. The first-order valence-corrected chi connectivity index (χ1v) is 21.1. The second-order valence-electron chi connectivity index (χ2n) is 15.4. The Bertz CT molecular complexity index is 2620. The number of para-hydroxylation sites is 2. The van der Waals surface area contributed by atoms with Crippen LogP contribution >= 0.6 is 0 Å². The third-order valence-corrected chi connectivity index (χ3v) is 10.8. The van der Waals surface area contributed by atoms with Crippen molar-refractivity contribution in [2.24, 2.45) is 17.2 Å². The van der Waals surface area contributed by atoms with Gasteiger partial charge in [-0.1, -0.05) is 72.7 Å². The number of nitrogens with two attached hydrogens (primary N) is 3. The summed E-state index contributed by atoms with van der Waals surface area (Å²) in [7, 11) is 0. The largest absolute Gasteiger partial charge is 0.368 e. The number of hydrogen-bond donors (Lipinski definition) is 11. The molecule has 7 amide bonds. The Hall–Kier alpha value is -7.95. The highest BCUT2D eigenvalue weighted by Gasteiger charge is 2.33. The standard InChI is InChI=1S/C46H53N13O6/c1-2-20-59(58-45(64)40(33-26-52-36-17-9-7-15-32(33)36)57-42(61)34(48)23-30-25-50-27-53-30)46(65)56-39(22-29-24-51-35-16-8-6-14-31(29)35)44(63)55-38(21-28-12-4-3-5-13-28)43(62)54-37(41(49)60)18-10-11-19-47/h1,3-9,12-17,24-27,34,37-40,51-52H,10-11,18-23,47-48H2,(H2,49,60)(H,50,53)(H,54,62)(H,55,63)(H,56,65)(H,57,61)(H,58,64)/t34-,37-,38+,39-,40+/m0/s1. The molecule has 0 aliphatic rings. The molecule has 0 aliphatic heterocycles. The van der Waals surface area contributed by atoms with Crippen molar-refractivity contribution >= 4 is 57.4 Å². The van der Waals surface area contributed by atoms with Crippen molar-refractivity contribution in [2.45, 2.75) is 68.7 Å². The number of hydrogen-bond acceptors (Lipinski definition) is 9. The Labute approximate surface area is 374 Å². The van der Waals surface area contributed by atoms with Gasteiger partial charge in [-0.3, -0.25) is 29.4 Å². The smallest absolute Gasteiger partial charge is 0.337 e. The van der Waals surface area contributed by atoms with E-state index in [-0.39, 0.29) is 25.7 Å². The lowest BCUT2D eigenvalue weighted by molar-refractivity contribution is -0.132. The number of hydrazine groups is 1. The van der Waals surface area contributed by atoms with E-state index in [4.69, 9.17) is 23.6 Å². The summed E-state index contributed by atoms with van der Waals surface area (Å²) in [5, 5.41) is 13.1. The zero-order chi connectivity index (χ0) is 46.3. The van der Waals surface area contributed by atoms with Crippen molar-refractivity contribution in [3.63, 3.8) is 0 Å². The molecule has 0 aliphatic carbocycles. The van der Waals surface area contributed by atoms with Gasteiger partial charge < -0.3 is 53.4 Å². The molecule has 0 radical (unpaired) electrons. The van der Waals surface area contributed by atoms with Gasteiger partial charge in [0.05, 0.1) is 12.4 Å². The quantitative estimate of drug-likeness (QED) is 0.0281. The minimum atomic E-state index is -1.39. The van der Waals surface area contributed by atoms with E-state index in [0.717, 1.165) is 15.9 Å². The highest BCUT2D eigenvalue weighted by Crippen LogP contribution is 2.25. The van der Waals surface area contributed by atoms with Crippen molar-refractivity contribution in [2.75, 3.05) is 13.1 Å². The lowest BCUT2D eigenvalue weighted by atomic mass is 10.0. The monoisotopic (exact) mass is 883 g/mol. The molecule has 0 unspecified atom stereocenters. The number of carbonyl (C=O) groups is 6. The number of amides is 7. The van der Waals surface area contributed by atoms with E-state index >= 15 is 0 Å².